The van der Waals surface area contributed by atoms with Crippen molar-refractivity contribution >= 4 is 27.8 Å². The summed E-state index contributed by atoms with van der Waals surface area (Å²) in [7, 11) is 2.05. The van der Waals surface area contributed by atoms with E-state index in [0.717, 1.165) is 11.7 Å². The van der Waals surface area contributed by atoms with Crippen LogP contribution in [0.3, 0.4) is 0 Å². The molecule has 0 radical (unpaired) electrons. The molecular formula is C21H29F2N5OS. The fourth-order valence-electron chi connectivity index (χ4n) is 4.24. The van der Waals surface area contributed by atoms with Gasteiger partial charge in [-0.25, -0.2) is 13.8 Å². The lowest BCUT2D eigenvalue weighted by Gasteiger charge is -2.39. The van der Waals surface area contributed by atoms with Gasteiger partial charge in [-0.05, 0) is 27.8 Å². The van der Waals surface area contributed by atoms with Crippen molar-refractivity contribution in [1.29, 1.82) is 0 Å². The van der Waals surface area contributed by atoms with Gasteiger partial charge in [-0.2, -0.15) is 0 Å². The van der Waals surface area contributed by atoms with Gasteiger partial charge >= 0.3 is 0 Å². The molecule has 0 saturated carbocycles. The minimum absolute atomic E-state index is 0.0219. The lowest BCUT2D eigenvalue weighted by molar-refractivity contribution is -0.00522. The van der Waals surface area contributed by atoms with E-state index < -0.39 is 11.6 Å². The molecule has 164 valence electrons. The molecule has 30 heavy (non-hydrogen) atoms. The second kappa shape index (κ2) is 8.28. The second-order valence-electron chi connectivity index (χ2n) is 8.43. The van der Waals surface area contributed by atoms with Crippen molar-refractivity contribution in [2.75, 3.05) is 55.3 Å². The van der Waals surface area contributed by atoms with E-state index in [1.165, 1.54) is 17.4 Å². The van der Waals surface area contributed by atoms with E-state index in [4.69, 9.17) is 10.5 Å². The Morgan fingerprint density at radius 1 is 1.10 bits per heavy atom. The molecule has 2 aliphatic heterocycles. The molecule has 1 aromatic heterocycles. The third kappa shape index (κ3) is 3.98. The van der Waals surface area contributed by atoms with Gasteiger partial charge in [0.05, 0.1) is 34.8 Å². The summed E-state index contributed by atoms with van der Waals surface area (Å²) in [5, 5.41) is 2.43. The number of anilines is 3. The lowest BCUT2D eigenvalue weighted by atomic mass is 10.1. The molecule has 2 aliphatic rings. The van der Waals surface area contributed by atoms with Crippen molar-refractivity contribution in [3.05, 3.63) is 23.1 Å². The zero-order chi connectivity index (χ0) is 21.6. The highest BCUT2D eigenvalue weighted by atomic mass is 32.1. The van der Waals surface area contributed by atoms with Crippen LogP contribution in [0, 0.1) is 11.6 Å². The Kier molecular flexibility index (Phi) is 5.87. The van der Waals surface area contributed by atoms with E-state index in [1.807, 2.05) is 25.8 Å². The Labute approximate surface area is 180 Å². The van der Waals surface area contributed by atoms with Gasteiger partial charge in [0.2, 0.25) is 0 Å². The average Bonchev–Trinajstić information content (AvgIpc) is 3.16. The number of thiazole rings is 1. The van der Waals surface area contributed by atoms with E-state index in [1.54, 1.807) is 5.38 Å². The van der Waals surface area contributed by atoms with Gasteiger partial charge in [0.25, 0.3) is 0 Å². The van der Waals surface area contributed by atoms with Gasteiger partial charge in [0.1, 0.15) is 5.82 Å². The number of likely N-dealkylation sites (N-methyl/N-ethyl adjacent to an activating group) is 1. The average molecular weight is 438 g/mol. The number of rotatable bonds is 3. The fraction of sp³-hybridized carbons (Fsp3) is 0.571. The van der Waals surface area contributed by atoms with E-state index in [0.29, 0.717) is 31.9 Å². The summed E-state index contributed by atoms with van der Waals surface area (Å²) in [4.78, 5) is 10.8. The normalized spacial score (nSPS) is 25.7. The number of hydrogen-bond donors (Lipinski definition) is 1. The molecule has 2 saturated heterocycles. The van der Waals surface area contributed by atoms with Crippen molar-refractivity contribution in [1.82, 2.24) is 9.88 Å². The molecule has 1 unspecified atom stereocenters. The lowest BCUT2D eigenvalue weighted by Crippen LogP contribution is -2.50. The smallest absolute Gasteiger partial charge is 0.186 e. The number of halogens is 2. The zero-order valence-electron chi connectivity index (χ0n) is 17.9. The number of ether oxygens (including phenoxy) is 1. The predicted octanol–water partition coefficient (Wildman–Crippen LogP) is 3.42. The van der Waals surface area contributed by atoms with Crippen molar-refractivity contribution < 1.29 is 13.5 Å². The van der Waals surface area contributed by atoms with Crippen molar-refractivity contribution in [3.63, 3.8) is 0 Å². The SMILES string of the molecule is CC1CN(c2cc(F)c(-c3csc(N4C[C@@H](C)O[C@@H](C)C4)n3)c(F)c2N)CCN1C. The Morgan fingerprint density at radius 3 is 2.47 bits per heavy atom. The van der Waals surface area contributed by atoms with Crippen LogP contribution in [0.4, 0.5) is 25.3 Å². The number of hydrogen-bond acceptors (Lipinski definition) is 7. The van der Waals surface area contributed by atoms with E-state index >= 15 is 8.78 Å². The number of aromatic nitrogens is 1. The molecule has 1 aromatic carbocycles. The van der Waals surface area contributed by atoms with Crippen LogP contribution in [0.1, 0.15) is 20.8 Å². The molecule has 2 fully saturated rings. The Hall–Kier alpha value is -1.97. The first-order valence-electron chi connectivity index (χ1n) is 10.3. The van der Waals surface area contributed by atoms with Crippen LogP contribution in [-0.4, -0.2) is 67.9 Å². The highest BCUT2D eigenvalue weighted by molar-refractivity contribution is 7.14. The van der Waals surface area contributed by atoms with E-state index in [2.05, 4.69) is 21.7 Å². The number of nitrogens with zero attached hydrogens (tertiary/aromatic N) is 4. The van der Waals surface area contributed by atoms with Crippen LogP contribution in [0.25, 0.3) is 11.3 Å². The van der Waals surface area contributed by atoms with Crippen molar-refractivity contribution in [3.8, 4) is 11.3 Å². The number of nitrogens with two attached hydrogens (primary N) is 1. The quantitative estimate of drug-likeness (QED) is 0.743. The Bertz CT molecular complexity index is 913. The molecule has 3 atom stereocenters. The largest absolute Gasteiger partial charge is 0.395 e. The summed E-state index contributed by atoms with van der Waals surface area (Å²) < 4.78 is 36.1. The number of benzene rings is 1. The Balaban J connectivity index is 1.63. The molecule has 2 aromatic rings. The molecule has 9 heteroatoms. The minimum Gasteiger partial charge on any atom is -0.395 e. The van der Waals surface area contributed by atoms with Crippen LogP contribution >= 0.6 is 11.3 Å². The van der Waals surface area contributed by atoms with Crippen LogP contribution in [0.5, 0.6) is 0 Å². The van der Waals surface area contributed by atoms with Gasteiger partial charge in [-0.1, -0.05) is 0 Å². The molecule has 3 heterocycles. The summed E-state index contributed by atoms with van der Waals surface area (Å²) in [5.41, 5.74) is 6.66. The highest BCUT2D eigenvalue weighted by Crippen LogP contribution is 2.38. The summed E-state index contributed by atoms with van der Waals surface area (Å²) in [6.45, 7) is 9.68. The first-order valence-corrected chi connectivity index (χ1v) is 11.2. The van der Waals surface area contributed by atoms with E-state index in [9.17, 15) is 0 Å². The van der Waals surface area contributed by atoms with E-state index in [-0.39, 0.29) is 35.2 Å². The van der Waals surface area contributed by atoms with Gasteiger partial charge in [0, 0.05) is 50.2 Å². The maximum Gasteiger partial charge on any atom is 0.186 e. The summed E-state index contributed by atoms with van der Waals surface area (Å²) >= 11 is 1.38. The molecule has 2 N–H and O–H groups in total. The van der Waals surface area contributed by atoms with Crippen LogP contribution in [0.15, 0.2) is 11.4 Å². The van der Waals surface area contributed by atoms with Crippen molar-refractivity contribution in [2.45, 2.75) is 39.0 Å². The van der Waals surface area contributed by atoms with Crippen LogP contribution in [-0.2, 0) is 4.74 Å². The van der Waals surface area contributed by atoms with Crippen molar-refractivity contribution in [2.24, 2.45) is 0 Å². The third-order valence-electron chi connectivity index (χ3n) is 5.97. The standard InChI is InChI=1S/C21H29F2N5OS/c1-12-8-27(6-5-26(12)4)17-7-15(22)18(19(23)20(17)24)16-11-30-21(25-16)28-9-13(2)29-14(3)10-28/h7,11-14H,5-6,8-10,24H2,1-4H3/t12?,13-,14+. The minimum atomic E-state index is -0.739. The van der Waals surface area contributed by atoms with Gasteiger partial charge in [-0.3, -0.25) is 0 Å². The molecule has 0 aliphatic carbocycles. The third-order valence-corrected chi connectivity index (χ3v) is 6.87. The number of morpholine rings is 1. The molecule has 4 rings (SSSR count). The fourth-order valence-corrected chi connectivity index (χ4v) is 5.08. The predicted molar refractivity (Wildman–Crippen MR) is 118 cm³/mol. The molecule has 0 bridgehead atoms. The van der Waals surface area contributed by atoms with Gasteiger partial charge in [-0.15, -0.1) is 11.3 Å². The number of nitrogen functional groups attached to an aromatic ring is 1. The van der Waals surface area contributed by atoms with Gasteiger partial charge in [0.15, 0.2) is 10.9 Å². The van der Waals surface area contributed by atoms with Gasteiger partial charge < -0.3 is 25.2 Å². The first kappa shape index (κ1) is 21.3. The molecule has 0 spiro atoms. The maximum atomic E-state index is 15.2. The summed E-state index contributed by atoms with van der Waals surface area (Å²) in [6, 6.07) is 1.63. The Morgan fingerprint density at radius 2 is 1.80 bits per heavy atom. The molecular weight excluding hydrogens is 408 g/mol. The summed E-state index contributed by atoms with van der Waals surface area (Å²) in [6.07, 6.45) is 0.158. The topological polar surface area (TPSA) is 57.9 Å². The first-order chi connectivity index (χ1) is 14.2. The number of piperazine rings is 1. The maximum absolute atomic E-state index is 15.2. The molecule has 6 nitrogen and oxygen atoms in total. The summed E-state index contributed by atoms with van der Waals surface area (Å²) in [5.74, 6) is -1.37. The van der Waals surface area contributed by atoms with Crippen LogP contribution in [0.2, 0.25) is 0 Å². The zero-order valence-corrected chi connectivity index (χ0v) is 18.7. The monoisotopic (exact) mass is 437 g/mol. The van der Waals surface area contributed by atoms with Crippen LogP contribution < -0.4 is 15.5 Å². The second-order valence-corrected chi connectivity index (χ2v) is 9.27. The highest BCUT2D eigenvalue weighted by Gasteiger charge is 2.28. The molecule has 0 amide bonds.